The number of carbonyl (C=O) groups is 4. The Bertz CT molecular complexity index is 1920. The van der Waals surface area contributed by atoms with Gasteiger partial charge in [-0.2, -0.15) is 0 Å². The number of amides is 3. The molecule has 9 heteroatoms. The Hall–Kier alpha value is -5.80. The minimum absolute atomic E-state index is 0. The summed E-state index contributed by atoms with van der Waals surface area (Å²) in [5, 5.41) is 14.6. The number of piperidine rings is 2. The van der Waals surface area contributed by atoms with Crippen molar-refractivity contribution in [3.05, 3.63) is 169 Å². The van der Waals surface area contributed by atoms with Crippen LogP contribution in [0, 0.1) is 11.8 Å². The number of carboxylic acid groups (broad SMARTS) is 1. The standard InChI is InChI=1S/C29H38N2O2.C26H36N2O.C4H6O2.CH4/c1-2-11-28(32)31-22-20-26(21-23-31)29(33)30-27(18-9-16-24-12-5-3-6-13-24)19-10-17-25-14-7-4-8-15-25;1-28-20-18-24(19-21-28)26(29)27-25(16-8-14-22-10-4-2-5-11-22)17-9-15-23-12-6-3-7-13-23;1-2-3-4(5)6;/h2-8,12-15,26-27H,1,9-11,16-23H2,(H,30,33);2-7,10-13,24-25H,8-9,14-21H2,1H3,(H,27,29);2H,1,3H2,(H,5,6);1H4. The highest BCUT2D eigenvalue weighted by molar-refractivity contribution is 5.81. The Morgan fingerprint density at radius 1 is 0.536 bits per heavy atom. The summed E-state index contributed by atoms with van der Waals surface area (Å²) in [7, 11) is 2.14. The molecule has 2 fully saturated rings. The van der Waals surface area contributed by atoms with Crippen molar-refractivity contribution in [3.8, 4) is 0 Å². The van der Waals surface area contributed by atoms with Gasteiger partial charge in [-0.15, -0.1) is 13.2 Å². The van der Waals surface area contributed by atoms with Crippen LogP contribution >= 0.6 is 0 Å². The predicted octanol–water partition coefficient (Wildman–Crippen LogP) is 11.5. The van der Waals surface area contributed by atoms with Crippen LogP contribution in [0.15, 0.2) is 147 Å². The summed E-state index contributed by atoms with van der Waals surface area (Å²) in [5.74, 6) is -0.0770. The van der Waals surface area contributed by atoms with Crippen LogP contribution in [0.3, 0.4) is 0 Å². The molecule has 9 nitrogen and oxygen atoms in total. The van der Waals surface area contributed by atoms with Crippen molar-refractivity contribution in [3.63, 3.8) is 0 Å². The number of carbonyl (C=O) groups excluding carboxylic acids is 3. The van der Waals surface area contributed by atoms with Crippen LogP contribution in [0.2, 0.25) is 0 Å². The minimum atomic E-state index is -0.829. The number of likely N-dealkylation sites (tertiary alicyclic amines) is 2. The monoisotopic (exact) mass is 941 g/mol. The van der Waals surface area contributed by atoms with Crippen LogP contribution in [0.4, 0.5) is 0 Å². The highest BCUT2D eigenvalue weighted by Gasteiger charge is 2.28. The number of hydrogen-bond acceptors (Lipinski definition) is 5. The fraction of sp³-hybridized carbons (Fsp3) is 0.467. The third-order valence-corrected chi connectivity index (χ3v) is 13.1. The third kappa shape index (κ3) is 24.4. The Balaban J connectivity index is 0.000000324. The van der Waals surface area contributed by atoms with E-state index in [4.69, 9.17) is 5.11 Å². The van der Waals surface area contributed by atoms with Crippen molar-refractivity contribution in [2.24, 2.45) is 11.8 Å². The van der Waals surface area contributed by atoms with Gasteiger partial charge in [-0.05, 0) is 145 Å². The molecule has 2 aliphatic heterocycles. The number of aryl methyl sites for hydroxylation is 4. The highest BCUT2D eigenvalue weighted by atomic mass is 16.4. The zero-order valence-electron chi connectivity index (χ0n) is 41.0. The first-order valence-corrected chi connectivity index (χ1v) is 25.3. The molecular weight excluding hydrogens is 857 g/mol. The number of benzene rings is 4. The van der Waals surface area contributed by atoms with Gasteiger partial charge in [0.1, 0.15) is 0 Å². The molecule has 0 saturated carbocycles. The molecule has 2 aliphatic rings. The molecule has 0 unspecified atom stereocenters. The molecule has 0 aliphatic carbocycles. The average molecular weight is 941 g/mol. The SMILES string of the molecule is C.C=CCC(=O)N1CCC(C(=O)NC(CCCc2ccccc2)CCCc2ccccc2)CC1.C=CCC(=O)O.CN1CCC(C(=O)NC(CCCc2ccccc2)CCCc2ccccc2)CC1. The van der Waals surface area contributed by atoms with Crippen molar-refractivity contribution in [2.75, 3.05) is 33.2 Å². The van der Waals surface area contributed by atoms with Gasteiger partial charge in [0.2, 0.25) is 17.7 Å². The van der Waals surface area contributed by atoms with Crippen LogP contribution in [-0.4, -0.2) is 83.9 Å². The maximum absolute atomic E-state index is 13.0. The number of aliphatic carboxylic acids is 1. The number of nitrogens with one attached hydrogen (secondary N) is 2. The maximum Gasteiger partial charge on any atom is 0.307 e. The lowest BCUT2D eigenvalue weighted by Gasteiger charge is -2.32. The van der Waals surface area contributed by atoms with Gasteiger partial charge in [0.15, 0.2) is 0 Å². The third-order valence-electron chi connectivity index (χ3n) is 13.1. The van der Waals surface area contributed by atoms with Crippen molar-refractivity contribution in [1.29, 1.82) is 0 Å². The van der Waals surface area contributed by atoms with Crippen molar-refractivity contribution < 1.29 is 24.3 Å². The van der Waals surface area contributed by atoms with Crippen LogP contribution in [0.5, 0.6) is 0 Å². The second kappa shape index (κ2) is 34.5. The second-order valence-electron chi connectivity index (χ2n) is 18.5. The number of hydrogen-bond donors (Lipinski definition) is 3. The molecule has 4 aromatic rings. The topological polar surface area (TPSA) is 119 Å². The summed E-state index contributed by atoms with van der Waals surface area (Å²) in [6, 6.07) is 42.9. The molecule has 6 rings (SSSR count). The molecule has 2 saturated heterocycles. The number of rotatable bonds is 24. The summed E-state index contributed by atoms with van der Waals surface area (Å²) in [6.45, 7) is 10.3. The van der Waals surface area contributed by atoms with E-state index in [0.29, 0.717) is 19.5 Å². The first kappa shape index (κ1) is 57.5. The summed E-state index contributed by atoms with van der Waals surface area (Å²) < 4.78 is 0. The molecule has 0 aromatic heterocycles. The highest BCUT2D eigenvalue weighted by Crippen LogP contribution is 2.21. The van der Waals surface area contributed by atoms with E-state index in [1.54, 1.807) is 6.08 Å². The Morgan fingerprint density at radius 3 is 1.12 bits per heavy atom. The zero-order chi connectivity index (χ0) is 48.6. The van der Waals surface area contributed by atoms with Gasteiger partial charge in [-0.3, -0.25) is 19.2 Å². The van der Waals surface area contributed by atoms with Gasteiger partial charge in [0.05, 0.1) is 6.42 Å². The normalized spacial score (nSPS) is 14.0. The van der Waals surface area contributed by atoms with Gasteiger partial charge in [0, 0.05) is 43.4 Å². The number of nitrogens with zero attached hydrogens (tertiary/aromatic N) is 2. The second-order valence-corrected chi connectivity index (χ2v) is 18.5. The number of carboxylic acids is 1. The maximum atomic E-state index is 13.0. The van der Waals surface area contributed by atoms with E-state index in [9.17, 15) is 19.2 Å². The largest absolute Gasteiger partial charge is 0.481 e. The molecule has 2 heterocycles. The smallest absolute Gasteiger partial charge is 0.307 e. The van der Waals surface area contributed by atoms with Crippen molar-refractivity contribution in [2.45, 2.75) is 135 Å². The lowest BCUT2D eigenvalue weighted by molar-refractivity contribution is -0.136. The predicted molar refractivity (Wildman–Crippen MR) is 285 cm³/mol. The first-order valence-electron chi connectivity index (χ1n) is 25.3. The lowest BCUT2D eigenvalue weighted by Crippen LogP contribution is -2.45. The summed E-state index contributed by atoms with van der Waals surface area (Å²) in [6.07, 6.45) is 19.6. The molecule has 0 spiro atoms. The van der Waals surface area contributed by atoms with Crippen LogP contribution in [0.25, 0.3) is 0 Å². The van der Waals surface area contributed by atoms with Gasteiger partial charge >= 0.3 is 5.97 Å². The van der Waals surface area contributed by atoms with Crippen molar-refractivity contribution in [1.82, 2.24) is 20.4 Å². The molecule has 4 aromatic carbocycles. The molecule has 3 N–H and O–H groups in total. The quantitative estimate of drug-likeness (QED) is 0.0602. The molecule has 0 atom stereocenters. The summed E-state index contributed by atoms with van der Waals surface area (Å²) in [5.41, 5.74) is 5.47. The molecule has 0 radical (unpaired) electrons. The van der Waals surface area contributed by atoms with E-state index >= 15 is 0 Å². The van der Waals surface area contributed by atoms with E-state index in [1.807, 2.05) is 17.0 Å². The molecule has 0 bridgehead atoms. The van der Waals surface area contributed by atoms with Gasteiger partial charge in [0.25, 0.3) is 0 Å². The fourth-order valence-electron chi connectivity index (χ4n) is 9.04. The average Bonchev–Trinajstić information content (AvgIpc) is 3.36. The van der Waals surface area contributed by atoms with Crippen LogP contribution in [0.1, 0.15) is 120 Å². The molecule has 3 amide bonds. The lowest BCUT2D eigenvalue weighted by atomic mass is 9.94. The molecule has 69 heavy (non-hydrogen) atoms. The zero-order valence-corrected chi connectivity index (χ0v) is 41.0. The Morgan fingerprint density at radius 2 is 0.841 bits per heavy atom. The summed E-state index contributed by atoms with van der Waals surface area (Å²) in [4.78, 5) is 51.7. The van der Waals surface area contributed by atoms with Gasteiger partial charge < -0.3 is 25.5 Å². The molecular formula is C60H84N4O5. The van der Waals surface area contributed by atoms with E-state index in [-0.39, 0.29) is 55.5 Å². The van der Waals surface area contributed by atoms with Crippen LogP contribution in [-0.2, 0) is 44.9 Å². The van der Waals surface area contributed by atoms with Gasteiger partial charge in [-0.1, -0.05) is 141 Å². The minimum Gasteiger partial charge on any atom is -0.481 e. The van der Waals surface area contributed by atoms with E-state index < -0.39 is 5.97 Å². The van der Waals surface area contributed by atoms with E-state index in [0.717, 1.165) is 116 Å². The fourth-order valence-corrected chi connectivity index (χ4v) is 9.04. The van der Waals surface area contributed by atoms with Crippen molar-refractivity contribution >= 4 is 23.7 Å². The van der Waals surface area contributed by atoms with E-state index in [2.05, 4.69) is 145 Å². The Labute approximate surface area is 415 Å². The molecule has 374 valence electrons. The van der Waals surface area contributed by atoms with Crippen LogP contribution < -0.4 is 10.6 Å². The van der Waals surface area contributed by atoms with E-state index in [1.165, 1.54) is 28.3 Å². The van der Waals surface area contributed by atoms with Gasteiger partial charge in [-0.25, -0.2) is 0 Å². The summed E-state index contributed by atoms with van der Waals surface area (Å²) >= 11 is 0. The Kier molecular flexibility index (Phi) is 28.7. The first-order chi connectivity index (χ1) is 33.1.